The molecule has 0 unspecified atom stereocenters. The van der Waals surface area contributed by atoms with E-state index in [0.717, 1.165) is 34.4 Å². The molecule has 0 atom stereocenters. The number of carbonyl (C=O) groups excluding carboxylic acids is 1. The number of anilines is 1. The molecule has 5 rings (SSSR count). The minimum Gasteiger partial charge on any atom is -0.486 e. The quantitative estimate of drug-likeness (QED) is 0.534. The van der Waals surface area contributed by atoms with Crippen LogP contribution in [0, 0.1) is 6.92 Å². The topological polar surface area (TPSA) is 78.3 Å². The van der Waals surface area contributed by atoms with Crippen molar-refractivity contribution in [1.29, 1.82) is 0 Å². The third-order valence-electron chi connectivity index (χ3n) is 5.44. The Hall–Kier alpha value is -3.87. The van der Waals surface area contributed by atoms with Crippen LogP contribution in [0.15, 0.2) is 54.7 Å². The molecule has 31 heavy (non-hydrogen) atoms. The summed E-state index contributed by atoms with van der Waals surface area (Å²) in [7, 11) is 0. The van der Waals surface area contributed by atoms with Crippen LogP contribution in [0.25, 0.3) is 22.2 Å². The third-order valence-corrected chi connectivity index (χ3v) is 5.44. The Kier molecular flexibility index (Phi) is 4.78. The molecular weight excluding hydrogens is 392 g/mol. The minimum atomic E-state index is -0.211. The van der Waals surface area contributed by atoms with E-state index in [4.69, 9.17) is 14.5 Å². The second kappa shape index (κ2) is 7.75. The number of hydrogen-bond acceptors (Lipinski definition) is 5. The predicted octanol–water partition coefficient (Wildman–Crippen LogP) is 4.45. The fraction of sp³-hybridized carbons (Fsp3) is 0.208. The van der Waals surface area contributed by atoms with Crippen LogP contribution in [-0.2, 0) is 6.54 Å². The van der Waals surface area contributed by atoms with Crippen molar-refractivity contribution in [2.24, 2.45) is 0 Å². The van der Waals surface area contributed by atoms with E-state index in [0.29, 0.717) is 36.0 Å². The van der Waals surface area contributed by atoms with Crippen molar-refractivity contribution in [3.8, 4) is 22.8 Å². The Bertz CT molecular complexity index is 1300. The molecule has 0 spiro atoms. The summed E-state index contributed by atoms with van der Waals surface area (Å²) in [5, 5.41) is 8.20. The fourth-order valence-electron chi connectivity index (χ4n) is 3.84. The lowest BCUT2D eigenvalue weighted by atomic mass is 10.0. The summed E-state index contributed by atoms with van der Waals surface area (Å²) < 4.78 is 13.1. The van der Waals surface area contributed by atoms with E-state index in [1.165, 1.54) is 0 Å². The second-order valence-electron chi connectivity index (χ2n) is 7.34. The van der Waals surface area contributed by atoms with Gasteiger partial charge in [0.1, 0.15) is 13.2 Å². The van der Waals surface area contributed by atoms with Gasteiger partial charge in [-0.15, -0.1) is 0 Å². The molecule has 7 heteroatoms. The van der Waals surface area contributed by atoms with E-state index >= 15 is 0 Å². The zero-order valence-electron chi connectivity index (χ0n) is 17.4. The molecule has 0 radical (unpaired) electrons. The molecule has 0 aliphatic carbocycles. The molecule has 1 N–H and O–H groups in total. The fourth-order valence-corrected chi connectivity index (χ4v) is 3.84. The number of benzene rings is 2. The van der Waals surface area contributed by atoms with Gasteiger partial charge in [0.2, 0.25) is 0 Å². The normalized spacial score (nSPS) is 12.7. The van der Waals surface area contributed by atoms with Crippen LogP contribution in [0.5, 0.6) is 11.5 Å². The average Bonchev–Trinajstić information content (AvgIpc) is 3.18. The molecule has 0 saturated heterocycles. The van der Waals surface area contributed by atoms with E-state index in [-0.39, 0.29) is 5.91 Å². The molecule has 2 aromatic heterocycles. The van der Waals surface area contributed by atoms with Crippen LogP contribution in [0.1, 0.15) is 23.0 Å². The molecule has 0 fully saturated rings. The van der Waals surface area contributed by atoms with Crippen LogP contribution in [0.2, 0.25) is 0 Å². The smallest absolute Gasteiger partial charge is 0.256 e. The number of aryl methyl sites for hydroxylation is 1. The second-order valence-corrected chi connectivity index (χ2v) is 7.34. The van der Waals surface area contributed by atoms with Gasteiger partial charge in [-0.3, -0.25) is 9.48 Å². The van der Waals surface area contributed by atoms with E-state index in [2.05, 4.69) is 10.4 Å². The summed E-state index contributed by atoms with van der Waals surface area (Å²) in [6, 6.07) is 14.9. The highest BCUT2D eigenvalue weighted by molar-refractivity contribution is 6.13. The van der Waals surface area contributed by atoms with Gasteiger partial charge in [0.25, 0.3) is 5.91 Å². The van der Waals surface area contributed by atoms with E-state index in [9.17, 15) is 4.79 Å². The Morgan fingerprint density at radius 1 is 1.10 bits per heavy atom. The van der Waals surface area contributed by atoms with Crippen LogP contribution in [0.3, 0.4) is 0 Å². The number of aromatic nitrogens is 3. The first-order chi connectivity index (χ1) is 15.1. The Labute approximate surface area is 179 Å². The zero-order valence-corrected chi connectivity index (χ0v) is 17.4. The zero-order chi connectivity index (χ0) is 21.4. The number of ether oxygens (including phenoxy) is 2. The predicted molar refractivity (Wildman–Crippen MR) is 119 cm³/mol. The van der Waals surface area contributed by atoms with Gasteiger partial charge < -0.3 is 14.8 Å². The van der Waals surface area contributed by atoms with Crippen molar-refractivity contribution in [2.45, 2.75) is 20.4 Å². The van der Waals surface area contributed by atoms with Crippen LogP contribution in [-0.4, -0.2) is 33.9 Å². The van der Waals surface area contributed by atoms with E-state index < -0.39 is 0 Å². The maximum Gasteiger partial charge on any atom is 0.256 e. The summed E-state index contributed by atoms with van der Waals surface area (Å²) in [5.41, 5.74) is 4.62. The molecule has 156 valence electrons. The molecule has 4 aromatic rings. The summed E-state index contributed by atoms with van der Waals surface area (Å²) in [4.78, 5) is 18.1. The van der Waals surface area contributed by atoms with Gasteiger partial charge in [-0.1, -0.05) is 18.2 Å². The number of hydrogen-bond donors (Lipinski definition) is 1. The highest BCUT2D eigenvalue weighted by Gasteiger charge is 2.18. The summed E-state index contributed by atoms with van der Waals surface area (Å²) in [5.74, 6) is 1.10. The molecule has 1 aliphatic heterocycles. The largest absolute Gasteiger partial charge is 0.486 e. The van der Waals surface area contributed by atoms with Crippen molar-refractivity contribution >= 4 is 22.5 Å². The lowest BCUT2D eigenvalue weighted by Gasteiger charge is -2.19. The van der Waals surface area contributed by atoms with Crippen molar-refractivity contribution in [3.05, 3.63) is 66.0 Å². The SMILES string of the molecule is CCn1ncc(-c2cc(C(=O)Nc3ccc4c(c3)OCCO4)c3ccccc3n2)c1C. The van der Waals surface area contributed by atoms with Gasteiger partial charge in [-0.05, 0) is 38.1 Å². The van der Waals surface area contributed by atoms with Crippen molar-refractivity contribution in [1.82, 2.24) is 14.8 Å². The maximum atomic E-state index is 13.3. The lowest BCUT2D eigenvalue weighted by molar-refractivity contribution is 0.102. The first kappa shape index (κ1) is 19.1. The van der Waals surface area contributed by atoms with Gasteiger partial charge in [-0.2, -0.15) is 5.10 Å². The van der Waals surface area contributed by atoms with Gasteiger partial charge in [0.15, 0.2) is 11.5 Å². The van der Waals surface area contributed by atoms with Crippen molar-refractivity contribution < 1.29 is 14.3 Å². The Morgan fingerprint density at radius 2 is 1.90 bits per heavy atom. The van der Waals surface area contributed by atoms with Crippen molar-refractivity contribution in [3.63, 3.8) is 0 Å². The van der Waals surface area contributed by atoms with Gasteiger partial charge in [0, 0.05) is 34.9 Å². The number of fused-ring (bicyclic) bond motifs is 2. The number of nitrogens with zero attached hydrogens (tertiary/aromatic N) is 3. The summed E-state index contributed by atoms with van der Waals surface area (Å²) in [6.45, 7) is 5.85. The first-order valence-electron chi connectivity index (χ1n) is 10.3. The molecule has 0 bridgehead atoms. The Morgan fingerprint density at radius 3 is 2.71 bits per heavy atom. The standard InChI is InChI=1S/C24H22N4O3/c1-3-28-15(2)19(14-25-28)21-13-18(17-6-4-5-7-20(17)27-21)24(29)26-16-8-9-22-23(12-16)31-11-10-30-22/h4-9,12-14H,3,10-11H2,1-2H3,(H,26,29). The molecular formula is C24H22N4O3. The number of carbonyl (C=O) groups is 1. The average molecular weight is 414 g/mol. The third kappa shape index (κ3) is 3.48. The van der Waals surface area contributed by atoms with Crippen molar-refractivity contribution in [2.75, 3.05) is 18.5 Å². The number of nitrogens with one attached hydrogen (secondary N) is 1. The van der Waals surface area contributed by atoms with Crippen LogP contribution >= 0.6 is 0 Å². The molecule has 3 heterocycles. The number of rotatable bonds is 4. The first-order valence-corrected chi connectivity index (χ1v) is 10.3. The maximum absolute atomic E-state index is 13.3. The molecule has 1 amide bonds. The van der Waals surface area contributed by atoms with Gasteiger partial charge >= 0.3 is 0 Å². The van der Waals surface area contributed by atoms with Crippen LogP contribution in [0.4, 0.5) is 5.69 Å². The number of amides is 1. The molecule has 2 aromatic carbocycles. The highest BCUT2D eigenvalue weighted by Crippen LogP contribution is 2.33. The minimum absolute atomic E-state index is 0.211. The lowest BCUT2D eigenvalue weighted by Crippen LogP contribution is -2.16. The highest BCUT2D eigenvalue weighted by atomic mass is 16.6. The van der Waals surface area contributed by atoms with Gasteiger partial charge in [0.05, 0.1) is 23.0 Å². The van der Waals surface area contributed by atoms with Crippen LogP contribution < -0.4 is 14.8 Å². The molecule has 7 nitrogen and oxygen atoms in total. The van der Waals surface area contributed by atoms with E-state index in [1.807, 2.05) is 61.0 Å². The number of pyridine rings is 1. The van der Waals surface area contributed by atoms with Gasteiger partial charge in [-0.25, -0.2) is 4.98 Å². The molecule has 0 saturated carbocycles. The summed E-state index contributed by atoms with van der Waals surface area (Å²) in [6.07, 6.45) is 1.80. The van der Waals surface area contributed by atoms with E-state index in [1.54, 1.807) is 12.3 Å². The molecule has 1 aliphatic rings. The number of para-hydroxylation sites is 1. The Balaban J connectivity index is 1.55. The summed E-state index contributed by atoms with van der Waals surface area (Å²) >= 11 is 0. The monoisotopic (exact) mass is 414 g/mol.